The van der Waals surface area contributed by atoms with Crippen molar-refractivity contribution in [3.63, 3.8) is 0 Å². The molecule has 5 fully saturated rings. The van der Waals surface area contributed by atoms with Crippen molar-refractivity contribution >= 4 is 0 Å². The summed E-state index contributed by atoms with van der Waals surface area (Å²) in [6.45, 7) is -6.14. The molecule has 20 heteroatoms. The van der Waals surface area contributed by atoms with Crippen molar-refractivity contribution < 1.29 is 154 Å². The molecule has 10 heterocycles. The van der Waals surface area contributed by atoms with E-state index >= 15 is 0 Å². The fraction of sp³-hybridized carbons (Fsp3) is 0.684. The van der Waals surface area contributed by atoms with Gasteiger partial charge in [-0.15, -0.1) is 0 Å². The SMILES string of the molecule is [2H]c1c2c(c([2H])c(OC([2H])([2H])[2H])c1OC)C1([2H])N(CC2)CC([2H])(C([2H])([2H])C([2H])(C)C([2H])([2H])[2H])C([2H])(O)C1([2H])[2H].[2H]c1c2c(c([2H])c(OC([2H])([2H])[2H])c1OC)C1([2H])N(CC2)CC([2H])(C([2H])([2H])C([2H])(C)C([2H])([2H])[2H])C([2H])(O)C1([2H])[2H].[2H]c1c2c(c([2H])c(OC([2H])([2H])[2H])c1OC)C1([2H])N(CC2)CC([2H])(CC(C)C)C([2H])(O)C1([2H])[2H].[2H]c1c2c(c([2H])c(OC)c1OC)C1([2H])N(CC2)CC([2H])(C([2H])([2H])C([2H])(C)C([2H])([2H])[2H])C([2H])(O)C1([2H])[2H].[2H]c1c2c(c([2H])c(OC)c1OC)C1CC(O)C(CC(C)C)C([2H])([2H])N1CC2. The molecule has 0 spiro atoms. The largest absolute Gasteiger partial charge is 0.493 e. The van der Waals surface area contributed by atoms with Crippen molar-refractivity contribution in [1.82, 2.24) is 24.5 Å². The van der Waals surface area contributed by atoms with Crippen molar-refractivity contribution in [3.05, 3.63) is 116 Å². The van der Waals surface area contributed by atoms with E-state index in [0.717, 1.165) is 28.9 Å². The molecule has 0 bridgehead atoms. The molecular formula is C95H145N5O15. The van der Waals surface area contributed by atoms with Gasteiger partial charge in [0, 0.05) is 139 Å². The molecule has 115 heavy (non-hydrogen) atoms. The summed E-state index contributed by atoms with van der Waals surface area (Å²) in [5.74, 6) is -25.1. The highest BCUT2D eigenvalue weighted by molar-refractivity contribution is 5.54. The minimum absolute atomic E-state index is 0.000599. The number of rotatable bonds is 20. The van der Waals surface area contributed by atoms with Crippen molar-refractivity contribution in [2.24, 2.45) is 59.0 Å². The van der Waals surface area contributed by atoms with Crippen LogP contribution in [0, 0.1) is 59.0 Å². The number of benzene rings is 5. The molecule has 5 aromatic carbocycles. The number of fused-ring (bicyclic) bond motifs is 15. The second-order valence-electron chi connectivity index (χ2n) is 29.1. The predicted molar refractivity (Wildman–Crippen MR) is 456 cm³/mol. The van der Waals surface area contributed by atoms with Gasteiger partial charge in [0.2, 0.25) is 0 Å². The zero-order valence-corrected chi connectivity index (χ0v) is 67.0. The van der Waals surface area contributed by atoms with Crippen LogP contribution in [0.4, 0.5) is 0 Å². The van der Waals surface area contributed by atoms with E-state index in [1.54, 1.807) is 18.7 Å². The van der Waals surface area contributed by atoms with Crippen LogP contribution in [-0.4, -0.2) is 217 Å². The van der Waals surface area contributed by atoms with E-state index in [1.165, 1.54) is 40.4 Å². The predicted octanol–water partition coefficient (Wildman–Crippen LogP) is 15.1. The highest BCUT2D eigenvalue weighted by Crippen LogP contribution is 2.50. The summed E-state index contributed by atoms with van der Waals surface area (Å²) in [6, 6.07) is -16.1. The first-order valence-corrected chi connectivity index (χ1v) is 37.4. The summed E-state index contributed by atoms with van der Waals surface area (Å²) in [5.41, 5.74) is -0.941. The lowest BCUT2D eigenvalue weighted by atomic mass is 9.79. The number of ether oxygens (including phenoxy) is 10. The highest BCUT2D eigenvalue weighted by Gasteiger charge is 2.45. The Hall–Kier alpha value is -6.30. The molecule has 18 unspecified atom stereocenters. The fourth-order valence-corrected chi connectivity index (χ4v) is 14.9. The van der Waals surface area contributed by atoms with E-state index in [4.69, 9.17) is 123 Å². The van der Waals surface area contributed by atoms with Gasteiger partial charge in [0.15, 0.2) is 57.5 Å². The molecule has 0 radical (unpaired) electrons. The molecule has 0 saturated carbocycles. The van der Waals surface area contributed by atoms with Crippen LogP contribution in [0.25, 0.3) is 0 Å². The summed E-state index contributed by atoms with van der Waals surface area (Å²) in [5, 5.41) is 55.8. The molecule has 15 rings (SSSR count). The van der Waals surface area contributed by atoms with Gasteiger partial charge in [0.1, 0.15) is 0 Å². The summed E-state index contributed by atoms with van der Waals surface area (Å²) in [4.78, 5) is 5.71. The lowest BCUT2D eigenvalue weighted by Crippen LogP contribution is -2.48. The molecule has 10 aliphatic heterocycles. The maximum atomic E-state index is 11.3. The van der Waals surface area contributed by atoms with E-state index < -0.39 is 302 Å². The summed E-state index contributed by atoms with van der Waals surface area (Å²) < 4.78 is 543. The Bertz CT molecular complexity index is 6750. The highest BCUT2D eigenvalue weighted by atomic mass is 16.5. The summed E-state index contributed by atoms with van der Waals surface area (Å²) in [7, 11) is -0.658. The standard InChI is InChI=1S/5C19H29NO3/c5*1-12(2)7-14-11-20-6-5-13-8-18(22-3)19(23-4)9-15(13)16(20)10-17(14)21/h5*8-9,12,14,16-17,21H,5-7,10-11H2,1-4H3/i2*1D3,4D3,7D2,8D,9D,10D2,12D,14D,16D,17D;1D3,7D2,8D,9D,10D2,12D,14D,16D,17D;4D3,8D,9D,10D2,14D,16D,17D;8D,9D,11D2. The van der Waals surface area contributed by atoms with Gasteiger partial charge < -0.3 is 72.9 Å². The van der Waals surface area contributed by atoms with Gasteiger partial charge in [0.05, 0.1) is 138 Å². The first-order chi connectivity index (χ1) is 77.9. The monoisotopic (exact) mass is 1660 g/mol. The van der Waals surface area contributed by atoms with Gasteiger partial charge >= 0.3 is 0 Å². The Balaban J connectivity index is 0.000000204. The smallest absolute Gasteiger partial charge is 0.161 e. The molecule has 5 N–H and O–H groups in total. The lowest BCUT2D eigenvalue weighted by molar-refractivity contribution is -0.0192. The third kappa shape index (κ3) is 21.1. The van der Waals surface area contributed by atoms with Crippen LogP contribution < -0.4 is 47.4 Å². The van der Waals surface area contributed by atoms with E-state index in [0.29, 0.717) is 57.7 Å². The molecule has 640 valence electrons. The molecular weight excluding hydrogens is 1450 g/mol. The van der Waals surface area contributed by atoms with Gasteiger partial charge in [-0.25, -0.2) is 0 Å². The summed E-state index contributed by atoms with van der Waals surface area (Å²) >= 11 is 0. The maximum absolute atomic E-state index is 11.3. The molecule has 18 atom stereocenters. The molecule has 5 saturated heterocycles. The quantitative estimate of drug-likeness (QED) is 0.0491. The Labute approximate surface area is 772 Å². The average molecular weight is 1660 g/mol. The van der Waals surface area contributed by atoms with Gasteiger partial charge in [-0.1, -0.05) is 69.0 Å². The number of aliphatic hydroxyl groups is 5. The Morgan fingerprint density at radius 2 is 0.643 bits per heavy atom. The summed E-state index contributed by atoms with van der Waals surface area (Å²) in [6.07, 6.45) is -39.0. The van der Waals surface area contributed by atoms with E-state index in [2.05, 4.69) is 0 Å². The van der Waals surface area contributed by atoms with Gasteiger partial charge in [0.25, 0.3) is 0 Å². The van der Waals surface area contributed by atoms with Crippen LogP contribution in [0.15, 0.2) is 60.4 Å². The number of piperidine rings is 5. The molecule has 10 aliphatic rings. The number of hydrogen-bond acceptors (Lipinski definition) is 20. The number of hydrogen-bond donors (Lipinski definition) is 5. The topological polar surface area (TPSA) is 210 Å². The van der Waals surface area contributed by atoms with Crippen LogP contribution in [-0.2, 0) is 32.1 Å². The fourth-order valence-electron chi connectivity index (χ4n) is 14.9. The molecule has 20 nitrogen and oxygen atoms in total. The zero-order valence-electron chi connectivity index (χ0n) is 126. The van der Waals surface area contributed by atoms with Crippen LogP contribution >= 0.6 is 0 Å². The van der Waals surface area contributed by atoms with Crippen molar-refractivity contribution in [2.45, 2.75) is 226 Å². The van der Waals surface area contributed by atoms with Crippen LogP contribution in [0.3, 0.4) is 0 Å². The number of aliphatic hydroxyl groups excluding tert-OH is 1. The minimum Gasteiger partial charge on any atom is -0.493 e. The molecule has 0 aromatic heterocycles. The van der Waals surface area contributed by atoms with Crippen LogP contribution in [0.5, 0.6) is 57.5 Å². The first kappa shape index (κ1) is 39.9. The third-order valence-electron chi connectivity index (χ3n) is 20.1. The van der Waals surface area contributed by atoms with Crippen LogP contribution in [0.1, 0.15) is 300 Å². The molecule has 5 aromatic rings. The first-order valence-electron chi connectivity index (χ1n) is 66.9. The van der Waals surface area contributed by atoms with Crippen molar-refractivity contribution in [3.8, 4) is 57.5 Å². The second kappa shape index (κ2) is 40.6. The second-order valence-corrected chi connectivity index (χ2v) is 29.1. The Kier molecular flexibility index (Phi) is 14.1. The number of methoxy groups -OCH3 is 10. The van der Waals surface area contributed by atoms with Gasteiger partial charge in [-0.2, -0.15) is 0 Å². The zero-order chi connectivity index (χ0) is 135. The van der Waals surface area contributed by atoms with Crippen molar-refractivity contribution in [2.75, 3.05) is 136 Å². The van der Waals surface area contributed by atoms with Gasteiger partial charge in [-0.3, -0.25) is 24.5 Å². The Morgan fingerprint density at radius 3 is 0.930 bits per heavy atom. The van der Waals surface area contributed by atoms with E-state index in [-0.39, 0.29) is 157 Å². The van der Waals surface area contributed by atoms with Crippen molar-refractivity contribution in [1.29, 1.82) is 0 Å². The molecule has 0 amide bonds. The Morgan fingerprint density at radius 1 is 0.383 bits per heavy atom. The average Bonchev–Trinajstić information content (AvgIpc) is 0.659. The maximum Gasteiger partial charge on any atom is 0.161 e. The molecule has 0 aliphatic carbocycles. The van der Waals surface area contributed by atoms with E-state index in [1.807, 2.05) is 13.8 Å². The van der Waals surface area contributed by atoms with Crippen LogP contribution in [0.2, 0.25) is 0 Å². The van der Waals surface area contributed by atoms with Gasteiger partial charge in [-0.05, 0) is 271 Å². The van der Waals surface area contributed by atoms with E-state index in [9.17, 15) is 31.0 Å². The third-order valence-corrected chi connectivity index (χ3v) is 20.1. The normalized spacial score (nSPS) is 47.4. The lowest BCUT2D eigenvalue weighted by Gasteiger charge is -2.46. The minimum atomic E-state index is -3.91. The number of nitrogens with zero attached hydrogens (tertiary/aromatic N) is 5.